The molecule has 4 aromatic heterocycles. The number of aromatic nitrogens is 5. The van der Waals surface area contributed by atoms with Crippen LogP contribution in [0.3, 0.4) is 0 Å². The molecule has 200 valence electrons. The van der Waals surface area contributed by atoms with E-state index in [1.165, 1.54) is 10.1 Å². The zero-order valence-electron chi connectivity index (χ0n) is 22.4. The van der Waals surface area contributed by atoms with Crippen LogP contribution in [-0.2, 0) is 0 Å². The first kappa shape index (κ1) is 26.5. The van der Waals surface area contributed by atoms with Crippen molar-refractivity contribution in [2.24, 2.45) is 0 Å². The standard InChI is InChI=1S/C24H23N3O.C7H6N4O/c1-16(25-2)21-14-19-10-7-11-20(18-12-13-26-22(15-18)28-3)24(19)27-23(21)17-8-5-4-6-9-17;8-6-5(4-12)7-9-2-1-3-11(7)10-6/h4-16,25H,1-3H3;1-4H,(H2,8,10). The van der Waals surface area contributed by atoms with E-state index in [0.29, 0.717) is 23.4 Å². The summed E-state index contributed by atoms with van der Waals surface area (Å²) >= 11 is 0. The van der Waals surface area contributed by atoms with E-state index in [4.69, 9.17) is 15.5 Å². The second-order valence-corrected chi connectivity index (χ2v) is 9.07. The number of methoxy groups -OCH3 is 1. The second kappa shape index (κ2) is 11.7. The number of hydrogen-bond acceptors (Lipinski definition) is 8. The number of carbonyl (C=O) groups is 1. The Morgan fingerprint density at radius 1 is 0.975 bits per heavy atom. The molecule has 0 fully saturated rings. The largest absolute Gasteiger partial charge is 0.481 e. The predicted octanol–water partition coefficient (Wildman–Crippen LogP) is 5.38. The van der Waals surface area contributed by atoms with Crippen molar-refractivity contribution in [3.05, 3.63) is 103 Å². The molecule has 9 nitrogen and oxygen atoms in total. The molecule has 2 aromatic carbocycles. The monoisotopic (exact) mass is 531 g/mol. The Morgan fingerprint density at radius 2 is 1.80 bits per heavy atom. The average Bonchev–Trinajstić information content (AvgIpc) is 3.35. The van der Waals surface area contributed by atoms with Crippen LogP contribution in [0.5, 0.6) is 5.88 Å². The van der Waals surface area contributed by atoms with E-state index < -0.39 is 0 Å². The zero-order valence-corrected chi connectivity index (χ0v) is 22.4. The summed E-state index contributed by atoms with van der Waals surface area (Å²) < 4.78 is 6.78. The number of rotatable bonds is 6. The molecule has 0 aliphatic rings. The van der Waals surface area contributed by atoms with Crippen LogP contribution in [0, 0.1) is 0 Å². The first-order valence-electron chi connectivity index (χ1n) is 12.7. The van der Waals surface area contributed by atoms with E-state index in [9.17, 15) is 4.79 Å². The maximum Gasteiger partial charge on any atom is 0.213 e. The minimum atomic E-state index is 0.191. The molecule has 0 aliphatic heterocycles. The van der Waals surface area contributed by atoms with Crippen LogP contribution in [0.1, 0.15) is 28.9 Å². The number of nitrogen functional groups attached to an aromatic ring is 1. The molecule has 0 radical (unpaired) electrons. The number of carbonyl (C=O) groups excluding carboxylic acids is 1. The van der Waals surface area contributed by atoms with Gasteiger partial charge in [-0.05, 0) is 43.3 Å². The summed E-state index contributed by atoms with van der Waals surface area (Å²) in [7, 11) is 3.61. The molecular weight excluding hydrogens is 502 g/mol. The zero-order chi connectivity index (χ0) is 28.1. The summed E-state index contributed by atoms with van der Waals surface area (Å²) in [6.07, 6.45) is 5.70. The lowest BCUT2D eigenvalue weighted by Gasteiger charge is -2.18. The van der Waals surface area contributed by atoms with Gasteiger partial charge in [0.2, 0.25) is 5.88 Å². The van der Waals surface area contributed by atoms with Gasteiger partial charge in [0.15, 0.2) is 17.8 Å². The molecule has 40 heavy (non-hydrogen) atoms. The molecule has 6 rings (SSSR count). The normalized spacial score (nSPS) is 11.6. The molecule has 1 unspecified atom stereocenters. The minimum absolute atomic E-state index is 0.191. The van der Waals surface area contributed by atoms with E-state index >= 15 is 0 Å². The number of para-hydroxylation sites is 1. The number of pyridine rings is 2. The van der Waals surface area contributed by atoms with Gasteiger partial charge in [-0.15, -0.1) is 5.10 Å². The first-order chi connectivity index (χ1) is 19.5. The summed E-state index contributed by atoms with van der Waals surface area (Å²) in [5.41, 5.74) is 12.7. The Balaban J connectivity index is 0.000000223. The fourth-order valence-corrected chi connectivity index (χ4v) is 4.48. The van der Waals surface area contributed by atoms with Gasteiger partial charge in [-0.2, -0.15) is 0 Å². The van der Waals surface area contributed by atoms with Crippen LogP contribution in [0.2, 0.25) is 0 Å². The van der Waals surface area contributed by atoms with Gasteiger partial charge in [-0.3, -0.25) is 4.79 Å². The Hall–Kier alpha value is -5.15. The third-order valence-electron chi connectivity index (χ3n) is 6.65. The fourth-order valence-electron chi connectivity index (χ4n) is 4.48. The van der Waals surface area contributed by atoms with E-state index in [1.807, 2.05) is 25.2 Å². The van der Waals surface area contributed by atoms with Gasteiger partial charge < -0.3 is 15.8 Å². The Bertz CT molecular complexity index is 1780. The van der Waals surface area contributed by atoms with Gasteiger partial charge in [0.05, 0.1) is 18.3 Å². The highest BCUT2D eigenvalue weighted by atomic mass is 16.5. The molecule has 0 bridgehead atoms. The van der Waals surface area contributed by atoms with Crippen LogP contribution >= 0.6 is 0 Å². The molecule has 6 aromatic rings. The van der Waals surface area contributed by atoms with Gasteiger partial charge in [0.1, 0.15) is 5.56 Å². The van der Waals surface area contributed by atoms with Crippen molar-refractivity contribution in [1.82, 2.24) is 29.9 Å². The first-order valence-corrected chi connectivity index (χ1v) is 12.7. The van der Waals surface area contributed by atoms with Gasteiger partial charge in [0, 0.05) is 47.2 Å². The van der Waals surface area contributed by atoms with E-state index in [2.05, 4.69) is 75.8 Å². The number of benzene rings is 2. The van der Waals surface area contributed by atoms with E-state index in [-0.39, 0.29) is 11.9 Å². The molecule has 0 saturated heterocycles. The summed E-state index contributed by atoms with van der Waals surface area (Å²) in [5, 5.41) is 8.35. The smallest absolute Gasteiger partial charge is 0.213 e. The van der Waals surface area contributed by atoms with Crippen molar-refractivity contribution < 1.29 is 9.53 Å². The van der Waals surface area contributed by atoms with Crippen LogP contribution < -0.4 is 15.8 Å². The van der Waals surface area contributed by atoms with Gasteiger partial charge >= 0.3 is 0 Å². The average molecular weight is 532 g/mol. The molecular formula is C31H29N7O2. The Morgan fingerprint density at radius 3 is 2.55 bits per heavy atom. The number of nitrogens with one attached hydrogen (secondary N) is 1. The van der Waals surface area contributed by atoms with Crippen molar-refractivity contribution in [3.8, 4) is 28.3 Å². The molecule has 3 N–H and O–H groups in total. The molecule has 9 heteroatoms. The topological polar surface area (TPSA) is 120 Å². The van der Waals surface area contributed by atoms with Crippen molar-refractivity contribution in [2.45, 2.75) is 13.0 Å². The lowest BCUT2D eigenvalue weighted by atomic mass is 9.96. The molecule has 0 aliphatic carbocycles. The van der Waals surface area contributed by atoms with Crippen molar-refractivity contribution in [3.63, 3.8) is 0 Å². The number of nitrogens with two attached hydrogens (primary N) is 1. The highest BCUT2D eigenvalue weighted by Gasteiger charge is 2.16. The van der Waals surface area contributed by atoms with Gasteiger partial charge in [0.25, 0.3) is 0 Å². The lowest BCUT2D eigenvalue weighted by Crippen LogP contribution is -2.14. The van der Waals surface area contributed by atoms with Crippen LogP contribution in [-0.4, -0.2) is 45.0 Å². The maximum atomic E-state index is 10.5. The quantitative estimate of drug-likeness (QED) is 0.275. The minimum Gasteiger partial charge on any atom is -0.481 e. The number of ether oxygens (including phenoxy) is 1. The Kier molecular flexibility index (Phi) is 7.75. The maximum absolute atomic E-state index is 10.5. The predicted molar refractivity (Wildman–Crippen MR) is 157 cm³/mol. The third kappa shape index (κ3) is 5.23. The van der Waals surface area contributed by atoms with E-state index in [0.717, 1.165) is 33.3 Å². The van der Waals surface area contributed by atoms with Crippen LogP contribution in [0.25, 0.3) is 38.9 Å². The number of aldehydes is 1. The molecule has 0 saturated carbocycles. The summed E-state index contributed by atoms with van der Waals surface area (Å²) in [6.45, 7) is 2.16. The molecule has 0 amide bonds. The van der Waals surface area contributed by atoms with Gasteiger partial charge in [-0.25, -0.2) is 19.5 Å². The van der Waals surface area contributed by atoms with Crippen LogP contribution in [0.15, 0.2) is 91.4 Å². The number of nitrogens with zero attached hydrogens (tertiary/aromatic N) is 5. The lowest BCUT2D eigenvalue weighted by molar-refractivity contribution is 0.112. The van der Waals surface area contributed by atoms with Gasteiger partial charge in [-0.1, -0.05) is 48.5 Å². The highest BCUT2D eigenvalue weighted by molar-refractivity contribution is 5.96. The van der Waals surface area contributed by atoms with E-state index in [1.54, 1.807) is 31.8 Å². The number of fused-ring (bicyclic) bond motifs is 2. The molecule has 1 atom stereocenters. The highest BCUT2D eigenvalue weighted by Crippen LogP contribution is 2.34. The Labute approximate surface area is 231 Å². The summed E-state index contributed by atoms with van der Waals surface area (Å²) in [4.78, 5) is 23.9. The number of anilines is 1. The molecule has 0 spiro atoms. The van der Waals surface area contributed by atoms with Crippen molar-refractivity contribution >= 4 is 28.7 Å². The second-order valence-electron chi connectivity index (χ2n) is 9.07. The fraction of sp³-hybridized carbons (Fsp3) is 0.129. The molecule has 4 heterocycles. The SMILES string of the molecule is CNC(C)c1cc2cccc(-c3ccnc(OC)c3)c2nc1-c1ccccc1.Nc1nn2cccnc2c1C=O. The number of hydrogen-bond donors (Lipinski definition) is 2. The third-order valence-corrected chi connectivity index (χ3v) is 6.65. The van der Waals surface area contributed by atoms with Crippen molar-refractivity contribution in [2.75, 3.05) is 19.9 Å². The summed E-state index contributed by atoms with van der Waals surface area (Å²) in [5.74, 6) is 0.807. The summed E-state index contributed by atoms with van der Waals surface area (Å²) in [6, 6.07) is 24.7. The van der Waals surface area contributed by atoms with Crippen molar-refractivity contribution in [1.29, 1.82) is 0 Å². The van der Waals surface area contributed by atoms with Crippen LogP contribution in [0.4, 0.5) is 5.82 Å².